The van der Waals surface area contributed by atoms with Gasteiger partial charge in [0.1, 0.15) is 11.6 Å². The quantitative estimate of drug-likeness (QED) is 0.929. The van der Waals surface area contributed by atoms with Gasteiger partial charge in [-0.3, -0.25) is 4.90 Å². The number of hydrogen-bond donors (Lipinski definition) is 1. The average Bonchev–Trinajstić information content (AvgIpc) is 2.83. The number of rotatable bonds is 3. The summed E-state index contributed by atoms with van der Waals surface area (Å²) < 4.78 is 0. The maximum absolute atomic E-state index is 4.70. The summed E-state index contributed by atoms with van der Waals surface area (Å²) in [5, 5.41) is 0. The number of hydrogen-bond acceptors (Lipinski definition) is 4. The summed E-state index contributed by atoms with van der Waals surface area (Å²) in [6, 6.07) is 0. The first-order valence-corrected chi connectivity index (χ1v) is 7.19. The molecule has 20 heavy (non-hydrogen) atoms. The van der Waals surface area contributed by atoms with Crippen molar-refractivity contribution in [3.05, 3.63) is 41.0 Å². The highest BCUT2D eigenvalue weighted by atomic mass is 15.1. The Morgan fingerprint density at radius 1 is 1.30 bits per heavy atom. The van der Waals surface area contributed by atoms with Gasteiger partial charge in [0.15, 0.2) is 0 Å². The molecule has 5 heteroatoms. The molecule has 0 saturated heterocycles. The minimum absolute atomic E-state index is 0.395. The van der Waals surface area contributed by atoms with Crippen LogP contribution >= 0.6 is 0 Å². The molecule has 0 bridgehead atoms. The van der Waals surface area contributed by atoms with Gasteiger partial charge in [-0.1, -0.05) is 13.8 Å². The molecule has 0 fully saturated rings. The summed E-state index contributed by atoms with van der Waals surface area (Å²) in [4.78, 5) is 19.1. The molecule has 2 aromatic rings. The Morgan fingerprint density at radius 3 is 2.85 bits per heavy atom. The zero-order valence-corrected chi connectivity index (χ0v) is 12.3. The predicted octanol–water partition coefficient (Wildman–Crippen LogP) is 2.19. The third-order valence-corrected chi connectivity index (χ3v) is 3.70. The number of aromatic nitrogens is 4. The van der Waals surface area contributed by atoms with E-state index >= 15 is 0 Å². The van der Waals surface area contributed by atoms with Crippen LogP contribution in [0.15, 0.2) is 12.4 Å². The Kier molecular flexibility index (Phi) is 3.53. The SMILES string of the molecule is Cc1ncc(CN2CCc3nc(C(C)C)ncc3C2)[nH]1. The number of aryl methyl sites for hydroxylation is 1. The number of aromatic amines is 1. The van der Waals surface area contributed by atoms with Gasteiger partial charge in [-0.25, -0.2) is 15.0 Å². The van der Waals surface area contributed by atoms with E-state index < -0.39 is 0 Å². The van der Waals surface area contributed by atoms with Gasteiger partial charge in [0.2, 0.25) is 0 Å². The van der Waals surface area contributed by atoms with E-state index in [1.807, 2.05) is 19.3 Å². The molecule has 0 aromatic carbocycles. The van der Waals surface area contributed by atoms with Gasteiger partial charge in [-0.05, 0) is 6.92 Å². The van der Waals surface area contributed by atoms with Gasteiger partial charge in [0.25, 0.3) is 0 Å². The summed E-state index contributed by atoms with van der Waals surface area (Å²) in [6.45, 7) is 9.13. The molecule has 0 unspecified atom stereocenters. The molecular weight excluding hydrogens is 250 g/mol. The van der Waals surface area contributed by atoms with Crippen molar-refractivity contribution in [3.8, 4) is 0 Å². The monoisotopic (exact) mass is 271 g/mol. The fraction of sp³-hybridized carbons (Fsp3) is 0.533. The Morgan fingerprint density at radius 2 is 2.15 bits per heavy atom. The molecule has 0 amide bonds. The lowest BCUT2D eigenvalue weighted by atomic mass is 10.1. The Hall–Kier alpha value is -1.75. The van der Waals surface area contributed by atoms with E-state index in [4.69, 9.17) is 4.98 Å². The summed E-state index contributed by atoms with van der Waals surface area (Å²) >= 11 is 0. The molecule has 1 aliphatic rings. The summed E-state index contributed by atoms with van der Waals surface area (Å²) in [5.74, 6) is 2.33. The molecule has 1 aliphatic heterocycles. The predicted molar refractivity (Wildman–Crippen MR) is 77.3 cm³/mol. The molecule has 0 aliphatic carbocycles. The van der Waals surface area contributed by atoms with E-state index in [-0.39, 0.29) is 0 Å². The van der Waals surface area contributed by atoms with Crippen LogP contribution in [0, 0.1) is 6.92 Å². The smallest absolute Gasteiger partial charge is 0.131 e. The fourth-order valence-electron chi connectivity index (χ4n) is 2.60. The molecule has 5 nitrogen and oxygen atoms in total. The van der Waals surface area contributed by atoms with Gasteiger partial charge in [-0.2, -0.15) is 0 Å². The molecule has 2 aromatic heterocycles. The summed E-state index contributed by atoms with van der Waals surface area (Å²) in [6.07, 6.45) is 4.93. The second kappa shape index (κ2) is 5.32. The molecule has 1 N–H and O–H groups in total. The summed E-state index contributed by atoms with van der Waals surface area (Å²) in [5.41, 5.74) is 3.66. The van der Waals surface area contributed by atoms with Crippen molar-refractivity contribution in [2.45, 2.75) is 46.2 Å². The molecule has 106 valence electrons. The van der Waals surface area contributed by atoms with Crippen molar-refractivity contribution in [1.29, 1.82) is 0 Å². The third kappa shape index (κ3) is 2.72. The van der Waals surface area contributed by atoms with Crippen molar-refractivity contribution in [3.63, 3.8) is 0 Å². The third-order valence-electron chi connectivity index (χ3n) is 3.70. The molecule has 0 atom stereocenters. The van der Waals surface area contributed by atoms with Gasteiger partial charge >= 0.3 is 0 Å². The second-order valence-electron chi connectivity index (χ2n) is 5.81. The first-order valence-electron chi connectivity index (χ1n) is 7.19. The number of imidazole rings is 1. The van der Waals surface area contributed by atoms with Gasteiger partial charge in [0, 0.05) is 61.3 Å². The van der Waals surface area contributed by atoms with Crippen LogP contribution in [0.3, 0.4) is 0 Å². The van der Waals surface area contributed by atoms with E-state index in [9.17, 15) is 0 Å². The maximum Gasteiger partial charge on any atom is 0.131 e. The van der Waals surface area contributed by atoms with Crippen molar-refractivity contribution in [2.24, 2.45) is 0 Å². The molecule has 3 rings (SSSR count). The van der Waals surface area contributed by atoms with Crippen LogP contribution in [0.25, 0.3) is 0 Å². The van der Waals surface area contributed by atoms with E-state index in [1.54, 1.807) is 0 Å². The van der Waals surface area contributed by atoms with Crippen LogP contribution in [0.5, 0.6) is 0 Å². The molecule has 0 spiro atoms. The lowest BCUT2D eigenvalue weighted by Gasteiger charge is -2.27. The van der Waals surface area contributed by atoms with Crippen molar-refractivity contribution in [2.75, 3.05) is 6.54 Å². The topological polar surface area (TPSA) is 57.7 Å². The molecular formula is C15H21N5. The van der Waals surface area contributed by atoms with Crippen LogP contribution in [-0.2, 0) is 19.5 Å². The van der Waals surface area contributed by atoms with Crippen LogP contribution in [-0.4, -0.2) is 31.4 Å². The van der Waals surface area contributed by atoms with Crippen LogP contribution in [0.4, 0.5) is 0 Å². The van der Waals surface area contributed by atoms with Crippen LogP contribution in [0.2, 0.25) is 0 Å². The zero-order chi connectivity index (χ0) is 14.1. The second-order valence-corrected chi connectivity index (χ2v) is 5.81. The highest BCUT2D eigenvalue weighted by Crippen LogP contribution is 2.20. The summed E-state index contributed by atoms with van der Waals surface area (Å²) in [7, 11) is 0. The number of H-pyrrole nitrogens is 1. The Labute approximate surface area is 119 Å². The van der Waals surface area contributed by atoms with E-state index in [0.29, 0.717) is 5.92 Å². The average molecular weight is 271 g/mol. The van der Waals surface area contributed by atoms with E-state index in [2.05, 4.69) is 33.7 Å². The number of nitrogens with one attached hydrogen (secondary N) is 1. The largest absolute Gasteiger partial charge is 0.345 e. The van der Waals surface area contributed by atoms with Crippen molar-refractivity contribution < 1.29 is 0 Å². The van der Waals surface area contributed by atoms with Crippen LogP contribution < -0.4 is 0 Å². The lowest BCUT2D eigenvalue weighted by Crippen LogP contribution is -2.31. The van der Waals surface area contributed by atoms with E-state index in [0.717, 1.165) is 37.7 Å². The minimum Gasteiger partial charge on any atom is -0.345 e. The molecule has 0 saturated carbocycles. The minimum atomic E-state index is 0.395. The highest BCUT2D eigenvalue weighted by Gasteiger charge is 2.19. The number of nitrogens with zero attached hydrogens (tertiary/aromatic N) is 4. The highest BCUT2D eigenvalue weighted by molar-refractivity contribution is 5.21. The van der Waals surface area contributed by atoms with E-state index in [1.165, 1.54) is 17.0 Å². The Bertz CT molecular complexity index is 602. The van der Waals surface area contributed by atoms with Crippen LogP contribution in [0.1, 0.15) is 48.4 Å². The van der Waals surface area contributed by atoms with Gasteiger partial charge < -0.3 is 4.98 Å². The van der Waals surface area contributed by atoms with Gasteiger partial charge in [-0.15, -0.1) is 0 Å². The normalized spacial score (nSPS) is 15.6. The standard InChI is InChI=1S/C15H21N5/c1-10(2)15-17-6-12-8-20(5-4-14(12)19-15)9-13-7-16-11(3)18-13/h6-7,10H,4-5,8-9H2,1-3H3,(H,16,18). The number of fused-ring (bicyclic) bond motifs is 1. The first kappa shape index (κ1) is 13.2. The first-order chi connectivity index (χ1) is 9.61. The molecule has 0 radical (unpaired) electrons. The van der Waals surface area contributed by atoms with Gasteiger partial charge in [0.05, 0.1) is 0 Å². The van der Waals surface area contributed by atoms with Crippen molar-refractivity contribution in [1.82, 2.24) is 24.8 Å². The fourth-order valence-corrected chi connectivity index (χ4v) is 2.60. The lowest BCUT2D eigenvalue weighted by molar-refractivity contribution is 0.240. The maximum atomic E-state index is 4.70. The van der Waals surface area contributed by atoms with Crippen molar-refractivity contribution >= 4 is 0 Å². The molecule has 3 heterocycles. The zero-order valence-electron chi connectivity index (χ0n) is 12.3. The Balaban J connectivity index is 1.72.